The number of hydrogen-bond acceptors (Lipinski definition) is 4. The monoisotopic (exact) mass is 413 g/mol. The number of carbonyl (C=O) groups excluding carboxylic acids is 1. The number of piperidine rings is 1. The van der Waals surface area contributed by atoms with Gasteiger partial charge in [-0.2, -0.15) is 0 Å². The van der Waals surface area contributed by atoms with Crippen LogP contribution in [0.1, 0.15) is 37.2 Å². The summed E-state index contributed by atoms with van der Waals surface area (Å²) in [5.41, 5.74) is 1.19. The number of rotatable bonds is 7. The van der Waals surface area contributed by atoms with Gasteiger partial charge in [0, 0.05) is 29.6 Å². The third-order valence-electron chi connectivity index (χ3n) is 6.41. The van der Waals surface area contributed by atoms with E-state index in [0.29, 0.717) is 12.6 Å². The van der Waals surface area contributed by atoms with Crippen molar-refractivity contribution in [2.24, 2.45) is 5.92 Å². The summed E-state index contributed by atoms with van der Waals surface area (Å²) < 4.78 is 11.1. The summed E-state index contributed by atoms with van der Waals surface area (Å²) in [7, 11) is 1.50. The zero-order valence-electron chi connectivity index (χ0n) is 16.8. The molecular weight excluding hydrogens is 386 g/mol. The van der Waals surface area contributed by atoms with Gasteiger partial charge < -0.3 is 9.47 Å². The second kappa shape index (κ2) is 9.19. The molecule has 2 aliphatic rings. The Hall–Kier alpha value is -2.04. The lowest BCUT2D eigenvalue weighted by molar-refractivity contribution is -0.150. The molecule has 2 saturated heterocycles. The Morgan fingerprint density at radius 3 is 2.59 bits per heavy atom. The molecule has 154 valence electrons. The fourth-order valence-corrected chi connectivity index (χ4v) is 5.25. The van der Waals surface area contributed by atoms with Gasteiger partial charge in [-0.05, 0) is 55.5 Å². The summed E-state index contributed by atoms with van der Waals surface area (Å²) >= 11 is 6.07. The van der Waals surface area contributed by atoms with Crippen LogP contribution in [-0.4, -0.2) is 43.2 Å². The molecule has 2 heterocycles. The average Bonchev–Trinajstić information content (AvgIpc) is 3.03. The van der Waals surface area contributed by atoms with Gasteiger partial charge in [-0.15, -0.1) is 0 Å². The van der Waals surface area contributed by atoms with Crippen molar-refractivity contribution in [1.29, 1.82) is 0 Å². The van der Waals surface area contributed by atoms with E-state index >= 15 is 0 Å². The van der Waals surface area contributed by atoms with Gasteiger partial charge in [0.2, 0.25) is 0 Å². The van der Waals surface area contributed by atoms with Crippen molar-refractivity contribution in [3.63, 3.8) is 0 Å². The topological polar surface area (TPSA) is 38.8 Å². The summed E-state index contributed by atoms with van der Waals surface area (Å²) in [6.45, 7) is 1.63. The van der Waals surface area contributed by atoms with Crippen molar-refractivity contribution in [2.75, 3.05) is 20.3 Å². The van der Waals surface area contributed by atoms with Gasteiger partial charge in [-0.25, -0.2) is 0 Å². The normalized spacial score (nSPS) is 26.3. The second-order valence-corrected chi connectivity index (χ2v) is 8.43. The smallest absolute Gasteiger partial charge is 0.310 e. The number of methoxy groups -OCH3 is 1. The lowest BCUT2D eigenvalue weighted by atomic mass is 9.76. The minimum Gasteiger partial charge on any atom is -0.494 e. The van der Waals surface area contributed by atoms with Crippen molar-refractivity contribution in [3.05, 3.63) is 65.2 Å². The Morgan fingerprint density at radius 1 is 1.10 bits per heavy atom. The maximum atomic E-state index is 12.8. The standard InChI is InChI=1S/C24H28ClNO3/c1-28-24(27)23-21(17-8-10-18(25)11-9-17)16-19-12-13-22(23)26(19)14-5-15-29-20-6-3-2-4-7-20/h2-4,6-11,19,21-23H,5,12-16H2,1H3. The van der Waals surface area contributed by atoms with E-state index in [1.54, 1.807) is 0 Å². The Labute approximate surface area is 177 Å². The highest BCUT2D eigenvalue weighted by Gasteiger charge is 2.50. The van der Waals surface area contributed by atoms with Crippen molar-refractivity contribution < 1.29 is 14.3 Å². The zero-order valence-corrected chi connectivity index (χ0v) is 17.6. The van der Waals surface area contributed by atoms with Gasteiger partial charge in [0.1, 0.15) is 5.75 Å². The van der Waals surface area contributed by atoms with Crippen LogP contribution < -0.4 is 4.74 Å². The van der Waals surface area contributed by atoms with E-state index < -0.39 is 0 Å². The Kier molecular flexibility index (Phi) is 6.41. The van der Waals surface area contributed by atoms with Gasteiger partial charge in [-0.1, -0.05) is 41.9 Å². The largest absolute Gasteiger partial charge is 0.494 e. The summed E-state index contributed by atoms with van der Waals surface area (Å²) in [5, 5.41) is 0.724. The molecule has 29 heavy (non-hydrogen) atoms. The van der Waals surface area contributed by atoms with Crippen LogP contribution in [0.3, 0.4) is 0 Å². The van der Waals surface area contributed by atoms with E-state index in [2.05, 4.69) is 17.0 Å². The molecule has 2 aromatic rings. The number of carbonyl (C=O) groups is 1. The number of halogens is 1. The fourth-order valence-electron chi connectivity index (χ4n) is 5.13. The highest BCUT2D eigenvalue weighted by molar-refractivity contribution is 6.30. The molecule has 0 aliphatic carbocycles. The minimum absolute atomic E-state index is 0.0964. The molecule has 4 nitrogen and oxygen atoms in total. The summed E-state index contributed by atoms with van der Waals surface area (Å²) in [6, 6.07) is 18.6. The Bertz CT molecular complexity index is 811. The minimum atomic E-state index is -0.130. The average molecular weight is 414 g/mol. The summed E-state index contributed by atoms with van der Waals surface area (Å²) in [6.07, 6.45) is 4.12. The highest BCUT2D eigenvalue weighted by Crippen LogP contribution is 2.47. The maximum absolute atomic E-state index is 12.8. The van der Waals surface area contributed by atoms with Crippen molar-refractivity contribution in [3.8, 4) is 5.75 Å². The molecule has 4 atom stereocenters. The number of para-hydroxylation sites is 1. The van der Waals surface area contributed by atoms with Crippen LogP contribution in [-0.2, 0) is 9.53 Å². The molecule has 2 bridgehead atoms. The molecule has 2 fully saturated rings. The van der Waals surface area contributed by atoms with Gasteiger partial charge in [0.05, 0.1) is 19.6 Å². The lowest BCUT2D eigenvalue weighted by Crippen LogP contribution is -2.51. The van der Waals surface area contributed by atoms with E-state index in [9.17, 15) is 4.79 Å². The van der Waals surface area contributed by atoms with Gasteiger partial charge in [0.25, 0.3) is 0 Å². The maximum Gasteiger partial charge on any atom is 0.310 e. The van der Waals surface area contributed by atoms with Crippen molar-refractivity contribution in [1.82, 2.24) is 4.90 Å². The number of benzene rings is 2. The first kappa shape index (κ1) is 20.2. The van der Waals surface area contributed by atoms with E-state index in [1.165, 1.54) is 12.7 Å². The van der Waals surface area contributed by atoms with E-state index in [-0.39, 0.29) is 23.8 Å². The number of nitrogens with zero attached hydrogens (tertiary/aromatic N) is 1. The van der Waals surface area contributed by atoms with Crippen LogP contribution in [0.4, 0.5) is 0 Å². The molecule has 0 radical (unpaired) electrons. The predicted molar refractivity (Wildman–Crippen MR) is 114 cm³/mol. The van der Waals surface area contributed by atoms with Crippen molar-refractivity contribution in [2.45, 2.75) is 43.7 Å². The second-order valence-electron chi connectivity index (χ2n) is 7.99. The Balaban J connectivity index is 1.43. The van der Waals surface area contributed by atoms with Gasteiger partial charge in [0.15, 0.2) is 0 Å². The van der Waals surface area contributed by atoms with Gasteiger partial charge >= 0.3 is 5.97 Å². The first-order chi connectivity index (χ1) is 14.2. The quantitative estimate of drug-likeness (QED) is 0.477. The zero-order chi connectivity index (χ0) is 20.2. The number of ether oxygens (including phenoxy) is 2. The first-order valence-corrected chi connectivity index (χ1v) is 10.8. The first-order valence-electron chi connectivity index (χ1n) is 10.4. The SMILES string of the molecule is COC(=O)C1C(c2ccc(Cl)cc2)CC2CCC1N2CCCOc1ccccc1. The number of esters is 1. The van der Waals surface area contributed by atoms with Crippen LogP contribution in [0.5, 0.6) is 5.75 Å². The molecule has 5 heteroatoms. The van der Waals surface area contributed by atoms with Crippen LogP contribution in [0, 0.1) is 5.92 Å². The van der Waals surface area contributed by atoms with E-state index in [4.69, 9.17) is 21.1 Å². The molecule has 0 saturated carbocycles. The molecule has 0 amide bonds. The van der Waals surface area contributed by atoms with Crippen molar-refractivity contribution >= 4 is 17.6 Å². The number of hydrogen-bond donors (Lipinski definition) is 0. The summed E-state index contributed by atoms with van der Waals surface area (Å²) in [4.78, 5) is 15.3. The third-order valence-corrected chi connectivity index (χ3v) is 6.66. The van der Waals surface area contributed by atoms with Gasteiger partial charge in [-0.3, -0.25) is 9.69 Å². The van der Waals surface area contributed by atoms with Crippen LogP contribution in [0.15, 0.2) is 54.6 Å². The molecule has 0 aromatic heterocycles. The highest BCUT2D eigenvalue weighted by atomic mass is 35.5. The molecule has 4 rings (SSSR count). The number of fused-ring (bicyclic) bond motifs is 2. The third kappa shape index (κ3) is 4.44. The molecular formula is C24H28ClNO3. The molecule has 2 aromatic carbocycles. The van der Waals surface area contributed by atoms with Crippen LogP contribution in [0.2, 0.25) is 5.02 Å². The summed E-state index contributed by atoms with van der Waals surface area (Å²) in [5.74, 6) is 0.870. The Morgan fingerprint density at radius 2 is 1.86 bits per heavy atom. The van der Waals surface area contributed by atoms with Crippen LogP contribution >= 0.6 is 11.6 Å². The molecule has 4 unspecified atom stereocenters. The predicted octanol–water partition coefficient (Wildman–Crippen LogP) is 4.92. The van der Waals surface area contributed by atoms with Crippen LogP contribution in [0.25, 0.3) is 0 Å². The fraction of sp³-hybridized carbons (Fsp3) is 0.458. The van der Waals surface area contributed by atoms with E-state index in [0.717, 1.165) is 43.0 Å². The molecule has 2 aliphatic heterocycles. The van der Waals surface area contributed by atoms with E-state index in [1.807, 2.05) is 42.5 Å². The molecule has 0 spiro atoms. The molecule has 0 N–H and O–H groups in total. The lowest BCUT2D eigenvalue weighted by Gasteiger charge is -2.43.